The maximum atomic E-state index is 13.0. The molecular formula is C18H26N2O5S2. The molecule has 150 valence electrons. The van der Waals surface area contributed by atoms with Crippen molar-refractivity contribution in [2.24, 2.45) is 0 Å². The highest BCUT2D eigenvalue weighted by molar-refractivity contribution is 7.91. The number of hydrogen-bond donors (Lipinski definition) is 1. The summed E-state index contributed by atoms with van der Waals surface area (Å²) in [5, 5.41) is 0. The molecule has 1 saturated heterocycles. The van der Waals surface area contributed by atoms with E-state index >= 15 is 0 Å². The van der Waals surface area contributed by atoms with Gasteiger partial charge in [0.2, 0.25) is 10.0 Å². The van der Waals surface area contributed by atoms with Crippen LogP contribution in [0.25, 0.3) is 0 Å². The van der Waals surface area contributed by atoms with Crippen LogP contribution < -0.4 is 4.72 Å². The van der Waals surface area contributed by atoms with Gasteiger partial charge in [0.25, 0.3) is 5.91 Å². The van der Waals surface area contributed by atoms with E-state index < -0.39 is 19.9 Å². The Morgan fingerprint density at radius 1 is 1.41 bits per heavy atom. The summed E-state index contributed by atoms with van der Waals surface area (Å²) in [5.74, 6) is -0.305. The Hall–Kier alpha value is -1.71. The quantitative estimate of drug-likeness (QED) is 0.618. The van der Waals surface area contributed by atoms with Crippen molar-refractivity contribution in [1.29, 1.82) is 0 Å². The first-order chi connectivity index (χ1) is 12.7. The Morgan fingerprint density at radius 2 is 2.15 bits per heavy atom. The molecule has 1 aromatic carbocycles. The number of nitrogens with zero attached hydrogens (tertiary/aromatic N) is 1. The first kappa shape index (κ1) is 21.6. The molecule has 1 atom stereocenters. The molecule has 1 fully saturated rings. The van der Waals surface area contributed by atoms with Crippen LogP contribution in [0, 0.1) is 0 Å². The smallest absolute Gasteiger partial charge is 0.254 e. The number of carbonyl (C=O) groups is 1. The maximum Gasteiger partial charge on any atom is 0.254 e. The average molecular weight is 415 g/mol. The molecule has 1 aliphatic rings. The van der Waals surface area contributed by atoms with Crippen LogP contribution in [0.2, 0.25) is 0 Å². The number of carbonyl (C=O) groups excluding carboxylic acids is 1. The normalized spacial score (nSPS) is 18.9. The zero-order valence-electron chi connectivity index (χ0n) is 15.4. The average Bonchev–Trinajstić information content (AvgIpc) is 3.00. The molecule has 1 N–H and O–H groups in total. The van der Waals surface area contributed by atoms with Gasteiger partial charge in [-0.3, -0.25) is 4.79 Å². The second-order valence-corrected chi connectivity index (χ2v) is 10.6. The highest BCUT2D eigenvalue weighted by Gasteiger charge is 2.34. The number of unbranched alkanes of at least 4 members (excludes halogenated alkanes) is 1. The van der Waals surface area contributed by atoms with Gasteiger partial charge < -0.3 is 4.90 Å². The van der Waals surface area contributed by atoms with Gasteiger partial charge in [0, 0.05) is 24.7 Å². The number of benzene rings is 1. The highest BCUT2D eigenvalue weighted by Crippen LogP contribution is 2.22. The lowest BCUT2D eigenvalue weighted by Crippen LogP contribution is -2.41. The molecule has 0 radical (unpaired) electrons. The summed E-state index contributed by atoms with van der Waals surface area (Å²) in [7, 11) is -6.88. The van der Waals surface area contributed by atoms with Crippen LogP contribution in [-0.2, 0) is 19.9 Å². The molecule has 0 aromatic heterocycles. The Morgan fingerprint density at radius 3 is 2.74 bits per heavy atom. The SMILES string of the molecule is C=CCNS(=O)(=O)c1cccc(C(=O)N(CCCC)C2CCS(=O)(=O)C2)c1. The van der Waals surface area contributed by atoms with Crippen molar-refractivity contribution in [1.82, 2.24) is 9.62 Å². The summed E-state index contributed by atoms with van der Waals surface area (Å²) in [6.07, 6.45) is 3.46. The maximum absolute atomic E-state index is 13.0. The van der Waals surface area contributed by atoms with Gasteiger partial charge in [-0.25, -0.2) is 21.6 Å². The van der Waals surface area contributed by atoms with E-state index in [0.29, 0.717) is 13.0 Å². The van der Waals surface area contributed by atoms with Crippen molar-refractivity contribution in [2.45, 2.75) is 37.1 Å². The first-order valence-corrected chi connectivity index (χ1v) is 12.2. The lowest BCUT2D eigenvalue weighted by Gasteiger charge is -2.28. The summed E-state index contributed by atoms with van der Waals surface area (Å²) in [4.78, 5) is 14.6. The van der Waals surface area contributed by atoms with E-state index in [0.717, 1.165) is 12.8 Å². The van der Waals surface area contributed by atoms with Gasteiger partial charge in [-0.15, -0.1) is 6.58 Å². The third-order valence-corrected chi connectivity index (χ3v) is 7.64. The van der Waals surface area contributed by atoms with E-state index in [9.17, 15) is 21.6 Å². The lowest BCUT2D eigenvalue weighted by atomic mass is 10.1. The van der Waals surface area contributed by atoms with Crippen molar-refractivity contribution >= 4 is 25.8 Å². The van der Waals surface area contributed by atoms with Crippen LogP contribution in [0.5, 0.6) is 0 Å². The predicted molar refractivity (Wildman–Crippen MR) is 105 cm³/mol. The number of sulfonamides is 1. The molecule has 0 saturated carbocycles. The molecule has 1 unspecified atom stereocenters. The van der Waals surface area contributed by atoms with Crippen molar-refractivity contribution in [3.8, 4) is 0 Å². The molecule has 1 aromatic rings. The predicted octanol–water partition coefficient (Wildman–Crippen LogP) is 1.58. The highest BCUT2D eigenvalue weighted by atomic mass is 32.2. The topological polar surface area (TPSA) is 101 Å². The molecule has 0 spiro atoms. The third-order valence-electron chi connectivity index (χ3n) is 4.47. The molecule has 7 nitrogen and oxygen atoms in total. The van der Waals surface area contributed by atoms with Gasteiger partial charge in [0.1, 0.15) is 0 Å². The summed E-state index contributed by atoms with van der Waals surface area (Å²) < 4.78 is 50.6. The molecule has 1 amide bonds. The fourth-order valence-electron chi connectivity index (χ4n) is 3.01. The largest absolute Gasteiger partial charge is 0.335 e. The summed E-state index contributed by atoms with van der Waals surface area (Å²) in [5.41, 5.74) is 0.233. The minimum atomic E-state index is -3.75. The Balaban J connectivity index is 2.29. The summed E-state index contributed by atoms with van der Waals surface area (Å²) in [6, 6.07) is 5.44. The monoisotopic (exact) mass is 414 g/mol. The van der Waals surface area contributed by atoms with E-state index in [-0.39, 0.29) is 40.5 Å². The van der Waals surface area contributed by atoms with Crippen LogP contribution in [-0.4, -0.2) is 58.3 Å². The Labute approximate surface area is 161 Å². The van der Waals surface area contributed by atoms with E-state index in [1.165, 1.54) is 24.3 Å². The van der Waals surface area contributed by atoms with Crippen LogP contribution in [0.4, 0.5) is 0 Å². The molecule has 0 bridgehead atoms. The zero-order valence-corrected chi connectivity index (χ0v) is 17.1. The van der Waals surface area contributed by atoms with E-state index in [1.54, 1.807) is 11.0 Å². The Bertz CT molecular complexity index is 894. The number of nitrogens with one attached hydrogen (secondary N) is 1. The number of rotatable bonds is 9. The fourth-order valence-corrected chi connectivity index (χ4v) is 5.79. The molecule has 1 aliphatic heterocycles. The van der Waals surface area contributed by atoms with Crippen LogP contribution in [0.15, 0.2) is 41.8 Å². The molecule has 1 heterocycles. The molecular weight excluding hydrogens is 388 g/mol. The zero-order chi connectivity index (χ0) is 20.1. The Kier molecular flexibility index (Phi) is 7.19. The van der Waals surface area contributed by atoms with Gasteiger partial charge in [-0.2, -0.15) is 0 Å². The van der Waals surface area contributed by atoms with Crippen molar-refractivity contribution in [2.75, 3.05) is 24.6 Å². The number of sulfone groups is 1. The number of hydrogen-bond acceptors (Lipinski definition) is 5. The standard InChI is InChI=1S/C18H26N2O5S2/c1-3-5-11-20(16-9-12-26(22,23)14-16)18(21)15-7-6-8-17(13-15)27(24,25)19-10-4-2/h4,6-8,13,16,19H,2-3,5,9-12,14H2,1H3. The second kappa shape index (κ2) is 8.99. The molecule has 2 rings (SSSR count). The van der Waals surface area contributed by atoms with Crippen molar-refractivity contribution < 1.29 is 21.6 Å². The first-order valence-electron chi connectivity index (χ1n) is 8.92. The molecule has 0 aliphatic carbocycles. The fraction of sp³-hybridized carbons (Fsp3) is 0.500. The minimum Gasteiger partial charge on any atom is -0.335 e. The van der Waals surface area contributed by atoms with E-state index in [4.69, 9.17) is 0 Å². The van der Waals surface area contributed by atoms with Gasteiger partial charge >= 0.3 is 0 Å². The van der Waals surface area contributed by atoms with Gasteiger partial charge in [0.15, 0.2) is 9.84 Å². The van der Waals surface area contributed by atoms with Gasteiger partial charge in [0.05, 0.1) is 16.4 Å². The van der Waals surface area contributed by atoms with Gasteiger partial charge in [-0.05, 0) is 31.0 Å². The van der Waals surface area contributed by atoms with Crippen LogP contribution in [0.1, 0.15) is 36.5 Å². The minimum absolute atomic E-state index is 0.00955. The number of amides is 1. The van der Waals surface area contributed by atoms with Gasteiger partial charge in [-0.1, -0.05) is 25.5 Å². The van der Waals surface area contributed by atoms with E-state index in [2.05, 4.69) is 11.3 Å². The van der Waals surface area contributed by atoms with Crippen molar-refractivity contribution in [3.05, 3.63) is 42.5 Å². The molecule has 9 heteroatoms. The van der Waals surface area contributed by atoms with Crippen LogP contribution >= 0.6 is 0 Å². The van der Waals surface area contributed by atoms with Crippen molar-refractivity contribution in [3.63, 3.8) is 0 Å². The third kappa shape index (κ3) is 5.63. The van der Waals surface area contributed by atoms with Crippen LogP contribution in [0.3, 0.4) is 0 Å². The van der Waals surface area contributed by atoms with E-state index in [1.807, 2.05) is 6.92 Å². The second-order valence-electron chi connectivity index (χ2n) is 6.58. The summed E-state index contributed by atoms with van der Waals surface area (Å²) in [6.45, 7) is 6.00. The summed E-state index contributed by atoms with van der Waals surface area (Å²) >= 11 is 0. The lowest BCUT2D eigenvalue weighted by molar-refractivity contribution is 0.0694. The molecule has 27 heavy (non-hydrogen) atoms.